The van der Waals surface area contributed by atoms with Crippen LogP contribution in [0.5, 0.6) is 5.75 Å². The fraction of sp³-hybridized carbons (Fsp3) is 0.133. The fourth-order valence-corrected chi connectivity index (χ4v) is 1.97. The number of nitrogens with zero attached hydrogens (tertiary/aromatic N) is 1. The maximum atomic E-state index is 10.8. The monoisotopic (exact) mass is 361 g/mol. The Balaban J connectivity index is 0.00000242. The van der Waals surface area contributed by atoms with E-state index in [1.165, 1.54) is 5.06 Å². The van der Waals surface area contributed by atoms with E-state index in [1.54, 1.807) is 18.2 Å². The minimum atomic E-state index is -0.895. The molecule has 2 aromatic carbocycles. The third-order valence-electron chi connectivity index (χ3n) is 2.68. The van der Waals surface area contributed by atoms with Crippen molar-refractivity contribution >= 4 is 47.3 Å². The maximum absolute atomic E-state index is 10.8. The van der Waals surface area contributed by atoms with Crippen LogP contribution in [0.15, 0.2) is 48.5 Å². The lowest BCUT2D eigenvalue weighted by molar-refractivity contribution is -0.136. The molecule has 0 aliphatic rings. The first-order chi connectivity index (χ1) is 10.1. The van der Waals surface area contributed by atoms with E-state index in [0.29, 0.717) is 15.8 Å². The van der Waals surface area contributed by atoms with Gasteiger partial charge in [0.1, 0.15) is 0 Å². The molecule has 0 saturated carbocycles. The van der Waals surface area contributed by atoms with Crippen molar-refractivity contribution in [3.05, 3.63) is 58.6 Å². The molecule has 0 radical (unpaired) electrons. The van der Waals surface area contributed by atoms with E-state index >= 15 is 0 Å². The first kappa shape index (κ1) is 18.4. The van der Waals surface area contributed by atoms with Gasteiger partial charge >= 0.3 is 5.97 Å². The zero-order valence-corrected chi connectivity index (χ0v) is 13.7. The van der Waals surface area contributed by atoms with Gasteiger partial charge in [-0.1, -0.05) is 41.4 Å². The van der Waals surface area contributed by atoms with Crippen LogP contribution < -0.4 is 9.90 Å². The fourth-order valence-electron chi connectivity index (χ4n) is 1.68. The van der Waals surface area contributed by atoms with Crippen molar-refractivity contribution in [2.24, 2.45) is 0 Å². The summed E-state index contributed by atoms with van der Waals surface area (Å²) in [5, 5.41) is 11.1. The lowest BCUT2D eigenvalue weighted by Gasteiger charge is -2.24. The Hall–Kier alpha value is -1.62. The van der Waals surface area contributed by atoms with E-state index in [9.17, 15) is 4.79 Å². The Kier molecular flexibility index (Phi) is 7.32. The van der Waals surface area contributed by atoms with Crippen LogP contribution in [-0.2, 0) is 4.79 Å². The normalized spacial score (nSPS) is 9.73. The highest BCUT2D eigenvalue weighted by Gasteiger charge is 2.11. The predicted molar refractivity (Wildman–Crippen MR) is 90.4 cm³/mol. The van der Waals surface area contributed by atoms with Crippen LogP contribution in [0.3, 0.4) is 0 Å². The number of hydroxylamine groups is 1. The molecular weight excluding hydrogens is 349 g/mol. The SMILES string of the molecule is Cl.O=C(O)CCN(Oc1ccc(Cl)c(Cl)c1)c1ccccc1. The highest BCUT2D eigenvalue weighted by Crippen LogP contribution is 2.27. The number of carboxylic acid groups (broad SMARTS) is 1. The molecule has 1 N–H and O–H groups in total. The van der Waals surface area contributed by atoms with E-state index in [1.807, 2.05) is 30.3 Å². The summed E-state index contributed by atoms with van der Waals surface area (Å²) in [6.07, 6.45) is -0.0454. The first-order valence-electron chi connectivity index (χ1n) is 6.23. The van der Waals surface area contributed by atoms with E-state index in [4.69, 9.17) is 33.1 Å². The second kappa shape index (κ2) is 8.73. The van der Waals surface area contributed by atoms with Gasteiger partial charge < -0.3 is 9.94 Å². The van der Waals surface area contributed by atoms with Crippen LogP contribution in [-0.4, -0.2) is 17.6 Å². The van der Waals surface area contributed by atoms with Crippen molar-refractivity contribution in [3.8, 4) is 5.75 Å². The van der Waals surface area contributed by atoms with E-state index in [-0.39, 0.29) is 25.4 Å². The molecule has 22 heavy (non-hydrogen) atoms. The van der Waals surface area contributed by atoms with Crippen LogP contribution >= 0.6 is 35.6 Å². The van der Waals surface area contributed by atoms with E-state index in [2.05, 4.69) is 0 Å². The molecule has 7 heteroatoms. The number of aliphatic carboxylic acids is 1. The van der Waals surface area contributed by atoms with Crippen molar-refractivity contribution in [2.45, 2.75) is 6.42 Å². The average molecular weight is 363 g/mol. The number of carboxylic acids is 1. The van der Waals surface area contributed by atoms with Gasteiger partial charge in [0.2, 0.25) is 0 Å². The van der Waals surface area contributed by atoms with Crippen LogP contribution in [0.25, 0.3) is 0 Å². The van der Waals surface area contributed by atoms with Crippen LogP contribution in [0.2, 0.25) is 10.0 Å². The number of anilines is 1. The lowest BCUT2D eigenvalue weighted by atomic mass is 10.3. The van der Waals surface area contributed by atoms with Gasteiger partial charge in [-0.15, -0.1) is 12.4 Å². The number of para-hydroxylation sites is 1. The molecule has 2 aromatic rings. The predicted octanol–water partition coefficient (Wildman–Crippen LogP) is 4.69. The molecule has 0 aliphatic heterocycles. The lowest BCUT2D eigenvalue weighted by Crippen LogP contribution is -2.29. The Bertz CT molecular complexity index is 623. The topological polar surface area (TPSA) is 49.8 Å². The second-order valence-electron chi connectivity index (χ2n) is 4.25. The van der Waals surface area contributed by atoms with Gasteiger partial charge in [0.15, 0.2) is 5.75 Å². The molecule has 0 amide bonds. The van der Waals surface area contributed by atoms with Crippen LogP contribution in [0, 0.1) is 0 Å². The van der Waals surface area contributed by atoms with Gasteiger partial charge in [0.05, 0.1) is 28.7 Å². The molecule has 118 valence electrons. The first-order valence-corrected chi connectivity index (χ1v) is 6.99. The smallest absolute Gasteiger partial charge is 0.305 e. The number of rotatable bonds is 6. The Morgan fingerprint density at radius 1 is 1.09 bits per heavy atom. The van der Waals surface area contributed by atoms with Gasteiger partial charge in [0.25, 0.3) is 0 Å². The van der Waals surface area contributed by atoms with Gasteiger partial charge in [-0.25, -0.2) is 5.06 Å². The summed E-state index contributed by atoms with van der Waals surface area (Å²) in [7, 11) is 0. The summed E-state index contributed by atoms with van der Waals surface area (Å²) < 4.78 is 0. The highest BCUT2D eigenvalue weighted by molar-refractivity contribution is 6.42. The summed E-state index contributed by atoms with van der Waals surface area (Å²) in [5.41, 5.74) is 0.754. The zero-order valence-electron chi connectivity index (χ0n) is 11.4. The summed E-state index contributed by atoms with van der Waals surface area (Å²) >= 11 is 11.8. The second-order valence-corrected chi connectivity index (χ2v) is 5.06. The number of halogens is 3. The molecule has 0 saturated heterocycles. The molecule has 0 aliphatic carbocycles. The number of carbonyl (C=O) groups is 1. The zero-order chi connectivity index (χ0) is 15.2. The van der Waals surface area contributed by atoms with Crippen molar-refractivity contribution in [2.75, 3.05) is 11.6 Å². The van der Waals surface area contributed by atoms with Gasteiger partial charge in [-0.2, -0.15) is 0 Å². The van der Waals surface area contributed by atoms with E-state index in [0.717, 1.165) is 5.69 Å². The largest absolute Gasteiger partial charge is 0.481 e. The summed E-state index contributed by atoms with van der Waals surface area (Å²) in [6.45, 7) is 0.208. The Labute approximate surface area is 144 Å². The van der Waals surface area contributed by atoms with Gasteiger partial charge in [-0.05, 0) is 24.3 Å². The number of benzene rings is 2. The Morgan fingerprint density at radius 3 is 2.36 bits per heavy atom. The number of hydrogen-bond acceptors (Lipinski definition) is 3. The van der Waals surface area contributed by atoms with E-state index < -0.39 is 5.97 Å². The molecule has 4 nitrogen and oxygen atoms in total. The summed E-state index contributed by atoms with van der Waals surface area (Å²) in [6, 6.07) is 14.1. The highest BCUT2D eigenvalue weighted by atomic mass is 35.5. The third kappa shape index (κ3) is 5.30. The minimum Gasteiger partial charge on any atom is -0.481 e. The van der Waals surface area contributed by atoms with Gasteiger partial charge in [-0.3, -0.25) is 4.79 Å². The summed E-state index contributed by atoms with van der Waals surface area (Å²) in [5.74, 6) is -0.410. The van der Waals surface area contributed by atoms with Crippen LogP contribution in [0.1, 0.15) is 6.42 Å². The van der Waals surface area contributed by atoms with Gasteiger partial charge in [0, 0.05) is 6.07 Å². The quantitative estimate of drug-likeness (QED) is 0.757. The molecule has 0 fully saturated rings. The molecule has 0 atom stereocenters. The maximum Gasteiger partial charge on any atom is 0.305 e. The van der Waals surface area contributed by atoms with Crippen molar-refractivity contribution < 1.29 is 14.7 Å². The van der Waals surface area contributed by atoms with Crippen LogP contribution in [0.4, 0.5) is 5.69 Å². The molecule has 2 rings (SSSR count). The molecule has 0 bridgehead atoms. The summed E-state index contributed by atoms with van der Waals surface area (Å²) in [4.78, 5) is 16.5. The molecule has 0 aromatic heterocycles. The standard InChI is InChI=1S/C15H13Cl2NO3.ClH/c16-13-7-6-12(10-14(13)17)21-18(9-8-15(19)20)11-4-2-1-3-5-11;/h1-7,10H,8-9H2,(H,19,20);1H. The van der Waals surface area contributed by atoms with Crippen molar-refractivity contribution in [3.63, 3.8) is 0 Å². The third-order valence-corrected chi connectivity index (χ3v) is 3.42. The molecular formula is C15H14Cl3NO3. The molecule has 0 heterocycles. The molecule has 0 spiro atoms. The minimum absolute atomic E-state index is 0. The van der Waals surface area contributed by atoms with Crippen molar-refractivity contribution in [1.29, 1.82) is 0 Å². The Morgan fingerprint density at radius 2 is 1.77 bits per heavy atom. The average Bonchev–Trinajstić information content (AvgIpc) is 2.48. The molecule has 0 unspecified atom stereocenters. The number of hydrogen-bond donors (Lipinski definition) is 1. The van der Waals surface area contributed by atoms with Crippen molar-refractivity contribution in [1.82, 2.24) is 0 Å².